The maximum atomic E-state index is 15.1. The van der Waals surface area contributed by atoms with Crippen LogP contribution in [-0.4, -0.2) is 49.4 Å². The topological polar surface area (TPSA) is 115 Å². The Morgan fingerprint density at radius 2 is 2.03 bits per heavy atom. The van der Waals surface area contributed by atoms with Crippen LogP contribution in [0.5, 0.6) is 11.8 Å². The number of nitrogens with one attached hydrogen (secondary N) is 3. The summed E-state index contributed by atoms with van der Waals surface area (Å²) in [6, 6.07) is 8.84. The smallest absolute Gasteiger partial charge is 0.326 e. The minimum Gasteiger partial charge on any atom is -0.421 e. The van der Waals surface area contributed by atoms with Crippen molar-refractivity contribution in [2.45, 2.75) is 38.2 Å². The molecule has 3 aromatic heterocycles. The molecule has 33 heavy (non-hydrogen) atoms. The molecule has 1 atom stereocenters. The van der Waals surface area contributed by atoms with Gasteiger partial charge in [-0.25, -0.2) is 4.39 Å². The second kappa shape index (κ2) is 7.73. The van der Waals surface area contributed by atoms with Crippen molar-refractivity contribution in [2.75, 3.05) is 23.3 Å². The lowest BCUT2D eigenvalue weighted by Gasteiger charge is -2.18. The zero-order valence-electron chi connectivity index (χ0n) is 18.1. The standard InChI is InChI=1S/C23H24FN7O2/c1-12-8-15-16(25-12)4-5-18(22(15)24)33-23-27-19(10-21(28-23)31-7-6-14(32)11-31)26-20-9-17(29-30-20)13-2-3-13/h4-5,8-10,13-14,25,32H,2-3,6-7,11H2,1H3,(H2,26,27,28,29,30). The van der Waals surface area contributed by atoms with Crippen LogP contribution in [0.25, 0.3) is 10.9 Å². The van der Waals surface area contributed by atoms with Gasteiger partial charge in [0.15, 0.2) is 17.4 Å². The molecule has 6 rings (SSSR count). The Morgan fingerprint density at radius 3 is 2.82 bits per heavy atom. The van der Waals surface area contributed by atoms with E-state index in [1.54, 1.807) is 24.3 Å². The Morgan fingerprint density at radius 1 is 1.15 bits per heavy atom. The maximum Gasteiger partial charge on any atom is 0.326 e. The van der Waals surface area contributed by atoms with Crippen molar-refractivity contribution in [3.05, 3.63) is 47.5 Å². The van der Waals surface area contributed by atoms with Crippen molar-refractivity contribution in [1.82, 2.24) is 25.1 Å². The number of aliphatic hydroxyl groups excluding tert-OH is 1. The molecule has 10 heteroatoms. The van der Waals surface area contributed by atoms with E-state index in [0.29, 0.717) is 53.8 Å². The number of benzene rings is 1. The molecule has 2 aliphatic rings. The van der Waals surface area contributed by atoms with E-state index in [0.717, 1.165) is 11.4 Å². The number of aryl methyl sites for hydroxylation is 1. The molecule has 0 amide bonds. The third kappa shape index (κ3) is 3.97. The van der Waals surface area contributed by atoms with Crippen molar-refractivity contribution in [1.29, 1.82) is 0 Å². The predicted octanol–water partition coefficient (Wildman–Crippen LogP) is 4.11. The van der Waals surface area contributed by atoms with Gasteiger partial charge in [-0.2, -0.15) is 15.1 Å². The van der Waals surface area contributed by atoms with Crippen molar-refractivity contribution in [3.8, 4) is 11.8 Å². The van der Waals surface area contributed by atoms with Crippen molar-refractivity contribution < 1.29 is 14.2 Å². The lowest BCUT2D eigenvalue weighted by atomic mass is 10.2. The third-order valence-corrected chi connectivity index (χ3v) is 6.09. The Kier molecular flexibility index (Phi) is 4.68. The molecular formula is C23H24FN7O2. The van der Waals surface area contributed by atoms with Gasteiger partial charge in [0.25, 0.3) is 0 Å². The molecule has 9 nitrogen and oxygen atoms in total. The summed E-state index contributed by atoms with van der Waals surface area (Å²) in [6.07, 6.45) is 2.59. The minimum atomic E-state index is -0.474. The van der Waals surface area contributed by atoms with Gasteiger partial charge >= 0.3 is 6.01 Å². The van der Waals surface area contributed by atoms with Crippen LogP contribution in [0.2, 0.25) is 0 Å². The molecule has 0 bridgehead atoms. The number of fused-ring (bicyclic) bond motifs is 1. The molecule has 4 heterocycles. The molecule has 4 aromatic rings. The molecule has 170 valence electrons. The number of anilines is 3. The van der Waals surface area contributed by atoms with E-state index in [1.807, 2.05) is 17.9 Å². The minimum absolute atomic E-state index is 0.0137. The third-order valence-electron chi connectivity index (χ3n) is 6.09. The average Bonchev–Trinajstić information content (AvgIpc) is 3.17. The second-order valence-electron chi connectivity index (χ2n) is 8.78. The van der Waals surface area contributed by atoms with Crippen molar-refractivity contribution in [3.63, 3.8) is 0 Å². The molecule has 2 fully saturated rings. The van der Waals surface area contributed by atoms with E-state index in [1.165, 1.54) is 12.8 Å². The van der Waals surface area contributed by atoms with E-state index in [2.05, 4.69) is 30.5 Å². The van der Waals surface area contributed by atoms with Gasteiger partial charge in [0.1, 0.15) is 11.6 Å². The van der Waals surface area contributed by atoms with Gasteiger partial charge in [0.05, 0.1) is 6.10 Å². The number of halogens is 1. The Labute approximate surface area is 189 Å². The fraction of sp³-hybridized carbons (Fsp3) is 0.348. The average molecular weight is 449 g/mol. The predicted molar refractivity (Wildman–Crippen MR) is 122 cm³/mol. The lowest BCUT2D eigenvalue weighted by Crippen LogP contribution is -2.22. The van der Waals surface area contributed by atoms with E-state index in [9.17, 15) is 5.11 Å². The number of nitrogens with zero attached hydrogens (tertiary/aromatic N) is 4. The van der Waals surface area contributed by atoms with Crippen molar-refractivity contribution in [2.24, 2.45) is 0 Å². The van der Waals surface area contributed by atoms with Gasteiger partial charge < -0.3 is 25.0 Å². The van der Waals surface area contributed by atoms with Crippen LogP contribution in [0.3, 0.4) is 0 Å². The van der Waals surface area contributed by atoms with Crippen molar-refractivity contribution >= 4 is 28.4 Å². The normalized spacial score (nSPS) is 18.3. The highest BCUT2D eigenvalue weighted by Crippen LogP contribution is 2.40. The molecule has 1 unspecified atom stereocenters. The first-order valence-corrected chi connectivity index (χ1v) is 11.1. The van der Waals surface area contributed by atoms with E-state index in [-0.39, 0.29) is 11.8 Å². The Bertz CT molecular complexity index is 1330. The fourth-order valence-electron chi connectivity index (χ4n) is 4.24. The van der Waals surface area contributed by atoms with Crippen LogP contribution in [0, 0.1) is 12.7 Å². The highest BCUT2D eigenvalue weighted by atomic mass is 19.1. The van der Waals surface area contributed by atoms with Crippen LogP contribution in [0.1, 0.15) is 36.6 Å². The van der Waals surface area contributed by atoms with Crippen LogP contribution in [0.4, 0.5) is 21.8 Å². The molecule has 0 spiro atoms. The number of rotatable bonds is 6. The number of H-pyrrole nitrogens is 2. The molecule has 1 saturated carbocycles. The van der Waals surface area contributed by atoms with Crippen LogP contribution in [0.15, 0.2) is 30.3 Å². The number of hydrogen-bond donors (Lipinski definition) is 4. The number of aromatic nitrogens is 5. The molecule has 1 aliphatic heterocycles. The maximum absolute atomic E-state index is 15.1. The van der Waals surface area contributed by atoms with Gasteiger partial charge in [0.2, 0.25) is 0 Å². The van der Waals surface area contributed by atoms with Gasteiger partial charge in [-0.15, -0.1) is 0 Å². The quantitative estimate of drug-likeness (QED) is 0.350. The number of hydrogen-bond acceptors (Lipinski definition) is 7. The van der Waals surface area contributed by atoms with Crippen LogP contribution < -0.4 is 15.0 Å². The summed E-state index contributed by atoms with van der Waals surface area (Å²) in [4.78, 5) is 14.0. The summed E-state index contributed by atoms with van der Waals surface area (Å²) >= 11 is 0. The van der Waals surface area contributed by atoms with E-state index < -0.39 is 11.9 Å². The number of aliphatic hydroxyl groups is 1. The largest absolute Gasteiger partial charge is 0.421 e. The molecule has 1 saturated heterocycles. The number of ether oxygens (including phenoxy) is 1. The summed E-state index contributed by atoms with van der Waals surface area (Å²) in [5, 5.41) is 21.0. The lowest BCUT2D eigenvalue weighted by molar-refractivity contribution is 0.198. The number of aromatic amines is 2. The van der Waals surface area contributed by atoms with Gasteiger partial charge in [-0.05, 0) is 44.4 Å². The van der Waals surface area contributed by atoms with Crippen LogP contribution in [-0.2, 0) is 0 Å². The highest BCUT2D eigenvalue weighted by molar-refractivity contribution is 5.82. The summed E-state index contributed by atoms with van der Waals surface area (Å²) in [7, 11) is 0. The summed E-state index contributed by atoms with van der Waals surface area (Å²) in [5.41, 5.74) is 2.66. The van der Waals surface area contributed by atoms with E-state index >= 15 is 4.39 Å². The van der Waals surface area contributed by atoms with Gasteiger partial charge in [0, 0.05) is 53.4 Å². The summed E-state index contributed by atoms with van der Waals surface area (Å²) < 4.78 is 20.9. The Balaban J connectivity index is 1.33. The first-order valence-electron chi connectivity index (χ1n) is 11.1. The molecule has 1 aromatic carbocycles. The van der Waals surface area contributed by atoms with Gasteiger partial charge in [-0.1, -0.05) is 0 Å². The van der Waals surface area contributed by atoms with E-state index in [4.69, 9.17) is 4.74 Å². The molecular weight excluding hydrogens is 425 g/mol. The fourth-order valence-corrected chi connectivity index (χ4v) is 4.24. The monoisotopic (exact) mass is 449 g/mol. The summed E-state index contributed by atoms with van der Waals surface area (Å²) in [6.45, 7) is 3.00. The second-order valence-corrected chi connectivity index (χ2v) is 8.78. The zero-order chi connectivity index (χ0) is 22.5. The first-order chi connectivity index (χ1) is 16.0. The first kappa shape index (κ1) is 20.0. The number of β-amino-alcohol motifs (C(OH)–C–C–N with tert-alkyl or cyclic N) is 1. The zero-order valence-corrected chi connectivity index (χ0v) is 18.1. The van der Waals surface area contributed by atoms with Gasteiger partial charge in [-0.3, -0.25) is 5.10 Å². The Hall–Kier alpha value is -3.66. The molecule has 4 N–H and O–H groups in total. The molecule has 1 aliphatic carbocycles. The highest BCUT2D eigenvalue weighted by Gasteiger charge is 2.26. The SMILES string of the molecule is Cc1cc2c(F)c(Oc3nc(Nc4cc(C5CC5)[nH]n4)cc(N4CCC(O)C4)n3)ccc2[nH]1. The summed E-state index contributed by atoms with van der Waals surface area (Å²) in [5.74, 6) is 1.83. The molecule has 0 radical (unpaired) electrons. The van der Waals surface area contributed by atoms with Crippen LogP contribution >= 0.6 is 0 Å².